The summed E-state index contributed by atoms with van der Waals surface area (Å²) in [5.74, 6) is 0.516. The van der Waals surface area contributed by atoms with Crippen LogP contribution in [-0.4, -0.2) is 22.5 Å². The highest BCUT2D eigenvalue weighted by atomic mass is 35.5. The number of aromatic amines is 1. The number of carbonyl (C=O) groups is 1. The van der Waals surface area contributed by atoms with Gasteiger partial charge in [-0.3, -0.25) is 4.79 Å². The first-order valence-electron chi connectivity index (χ1n) is 7.31. The largest absolute Gasteiger partial charge is 0.483 e. The number of imidazole rings is 1. The second-order valence-corrected chi connectivity index (χ2v) is 5.42. The molecule has 3 rings (SSSR count). The molecule has 23 heavy (non-hydrogen) atoms. The predicted molar refractivity (Wildman–Crippen MR) is 91.0 cm³/mol. The van der Waals surface area contributed by atoms with Gasteiger partial charge in [0.1, 0.15) is 5.75 Å². The second-order valence-electron chi connectivity index (χ2n) is 5.06. The minimum absolute atomic E-state index is 0.0429. The Labute approximate surface area is 138 Å². The summed E-state index contributed by atoms with van der Waals surface area (Å²) >= 11 is 5.81. The van der Waals surface area contributed by atoms with Crippen LogP contribution in [0.1, 0.15) is 12.5 Å². The summed E-state index contributed by atoms with van der Waals surface area (Å²) in [7, 11) is 0. The molecule has 0 spiro atoms. The Balaban J connectivity index is 1.64. The summed E-state index contributed by atoms with van der Waals surface area (Å²) < 4.78 is 5.60. The van der Waals surface area contributed by atoms with Crippen molar-refractivity contribution in [2.45, 2.75) is 13.3 Å². The average Bonchev–Trinajstić information content (AvgIpc) is 2.92. The maximum Gasteiger partial charge on any atom is 0.262 e. The van der Waals surface area contributed by atoms with Gasteiger partial charge < -0.3 is 15.0 Å². The van der Waals surface area contributed by atoms with Crippen molar-refractivity contribution >= 4 is 34.2 Å². The van der Waals surface area contributed by atoms with Crippen molar-refractivity contribution in [2.75, 3.05) is 11.9 Å². The molecule has 0 aliphatic heterocycles. The van der Waals surface area contributed by atoms with Gasteiger partial charge in [0.05, 0.1) is 11.0 Å². The number of H-pyrrole nitrogens is 1. The fourth-order valence-electron chi connectivity index (χ4n) is 2.33. The summed E-state index contributed by atoms with van der Waals surface area (Å²) in [5, 5.41) is 3.12. The lowest BCUT2D eigenvalue weighted by Crippen LogP contribution is -2.20. The number of amides is 1. The van der Waals surface area contributed by atoms with Gasteiger partial charge in [-0.2, -0.15) is 0 Å². The first-order valence-corrected chi connectivity index (χ1v) is 7.69. The molecule has 3 aromatic rings. The molecule has 6 heteroatoms. The Hall–Kier alpha value is -2.53. The molecule has 0 saturated carbocycles. The summed E-state index contributed by atoms with van der Waals surface area (Å²) in [6, 6.07) is 13.1. The number of carbonyl (C=O) groups excluding carboxylic acids is 1. The molecule has 0 atom stereocenters. The van der Waals surface area contributed by atoms with Gasteiger partial charge in [-0.05, 0) is 47.9 Å². The molecule has 1 amide bonds. The molecule has 0 aliphatic carbocycles. The number of nitrogens with zero attached hydrogens (tertiary/aromatic N) is 1. The van der Waals surface area contributed by atoms with Crippen LogP contribution in [0.3, 0.4) is 0 Å². The Morgan fingerprint density at radius 1 is 1.30 bits per heavy atom. The third-order valence-electron chi connectivity index (χ3n) is 3.45. The van der Waals surface area contributed by atoms with Crippen molar-refractivity contribution < 1.29 is 9.53 Å². The number of aryl methyl sites for hydroxylation is 1. The normalized spacial score (nSPS) is 10.7. The van der Waals surface area contributed by atoms with Crippen molar-refractivity contribution in [3.05, 3.63) is 53.3 Å². The zero-order chi connectivity index (χ0) is 16.2. The maximum atomic E-state index is 12.0. The third kappa shape index (κ3) is 3.63. The lowest BCUT2D eigenvalue weighted by Gasteiger charge is -2.10. The number of rotatable bonds is 5. The van der Waals surface area contributed by atoms with E-state index >= 15 is 0 Å². The van der Waals surface area contributed by atoms with Gasteiger partial charge in [0, 0.05) is 5.69 Å². The van der Waals surface area contributed by atoms with Crippen LogP contribution in [0.4, 0.5) is 5.69 Å². The number of hydrogen-bond acceptors (Lipinski definition) is 3. The van der Waals surface area contributed by atoms with Crippen LogP contribution in [-0.2, 0) is 11.2 Å². The van der Waals surface area contributed by atoms with E-state index in [1.807, 2.05) is 31.2 Å². The molecule has 1 heterocycles. The van der Waals surface area contributed by atoms with E-state index in [-0.39, 0.29) is 12.5 Å². The number of ether oxygens (including phenoxy) is 1. The molecule has 5 nitrogen and oxygen atoms in total. The first-order chi connectivity index (χ1) is 11.2. The molecule has 0 fully saturated rings. The zero-order valence-corrected chi connectivity index (χ0v) is 13.4. The summed E-state index contributed by atoms with van der Waals surface area (Å²) in [6.45, 7) is 2.01. The fourth-order valence-corrected chi connectivity index (χ4v) is 2.53. The highest BCUT2D eigenvalue weighted by Gasteiger charge is 2.08. The highest BCUT2D eigenvalue weighted by molar-refractivity contribution is 6.29. The van der Waals surface area contributed by atoms with Crippen molar-refractivity contribution in [3.63, 3.8) is 0 Å². The van der Waals surface area contributed by atoms with Gasteiger partial charge in [-0.15, -0.1) is 0 Å². The van der Waals surface area contributed by atoms with Gasteiger partial charge in [-0.25, -0.2) is 4.98 Å². The molecule has 0 unspecified atom stereocenters. The Bertz CT molecular complexity index is 845. The number of hydrogen-bond donors (Lipinski definition) is 2. The van der Waals surface area contributed by atoms with Gasteiger partial charge in [0.25, 0.3) is 5.91 Å². The second kappa shape index (κ2) is 6.71. The topological polar surface area (TPSA) is 67.0 Å². The molecule has 0 saturated heterocycles. The molecule has 0 bridgehead atoms. The van der Waals surface area contributed by atoms with E-state index in [9.17, 15) is 4.79 Å². The van der Waals surface area contributed by atoms with Crippen LogP contribution in [0.2, 0.25) is 5.28 Å². The number of fused-ring (bicyclic) bond motifs is 1. The van der Waals surface area contributed by atoms with E-state index in [1.165, 1.54) is 0 Å². The molecule has 2 N–H and O–H groups in total. The van der Waals surface area contributed by atoms with Crippen LogP contribution in [0, 0.1) is 0 Å². The average molecular weight is 330 g/mol. The van der Waals surface area contributed by atoms with E-state index in [2.05, 4.69) is 15.3 Å². The molecule has 1 aromatic heterocycles. The molecule has 118 valence electrons. The highest BCUT2D eigenvalue weighted by Crippen LogP contribution is 2.20. The molecular formula is C17H16ClN3O2. The monoisotopic (exact) mass is 329 g/mol. The van der Waals surface area contributed by atoms with Crippen molar-refractivity contribution in [1.29, 1.82) is 0 Å². The van der Waals surface area contributed by atoms with E-state index in [0.29, 0.717) is 11.0 Å². The quantitative estimate of drug-likeness (QED) is 0.748. The number of aromatic nitrogens is 2. The van der Waals surface area contributed by atoms with Gasteiger partial charge in [0.2, 0.25) is 5.28 Å². The summed E-state index contributed by atoms with van der Waals surface area (Å²) in [4.78, 5) is 19.1. The minimum Gasteiger partial charge on any atom is -0.483 e. The molecule has 2 aromatic carbocycles. The Morgan fingerprint density at radius 3 is 2.96 bits per heavy atom. The van der Waals surface area contributed by atoms with Crippen LogP contribution >= 0.6 is 11.6 Å². The number of nitrogens with one attached hydrogen (secondary N) is 2. The van der Waals surface area contributed by atoms with Gasteiger partial charge in [-0.1, -0.05) is 25.1 Å². The fraction of sp³-hybridized carbons (Fsp3) is 0.176. The van der Waals surface area contributed by atoms with Crippen LogP contribution in [0.15, 0.2) is 42.5 Å². The van der Waals surface area contributed by atoms with Crippen LogP contribution in [0.5, 0.6) is 5.75 Å². The lowest BCUT2D eigenvalue weighted by atomic mass is 10.1. The van der Waals surface area contributed by atoms with Crippen LogP contribution < -0.4 is 10.1 Å². The van der Waals surface area contributed by atoms with Crippen LogP contribution in [0.25, 0.3) is 11.0 Å². The number of para-hydroxylation sites is 1. The smallest absolute Gasteiger partial charge is 0.262 e. The van der Waals surface area contributed by atoms with Crippen molar-refractivity contribution in [1.82, 2.24) is 9.97 Å². The Morgan fingerprint density at radius 2 is 2.13 bits per heavy atom. The lowest BCUT2D eigenvalue weighted by molar-refractivity contribution is -0.118. The molecule has 0 aliphatic rings. The minimum atomic E-state index is -0.221. The molecule has 0 radical (unpaired) electrons. The van der Waals surface area contributed by atoms with E-state index < -0.39 is 0 Å². The Kier molecular flexibility index (Phi) is 4.48. The summed E-state index contributed by atoms with van der Waals surface area (Å²) in [5.41, 5.74) is 3.26. The van der Waals surface area contributed by atoms with Crippen molar-refractivity contribution in [3.8, 4) is 5.75 Å². The van der Waals surface area contributed by atoms with Crippen molar-refractivity contribution in [2.24, 2.45) is 0 Å². The molecular weight excluding hydrogens is 314 g/mol. The van der Waals surface area contributed by atoms with E-state index in [0.717, 1.165) is 28.8 Å². The number of anilines is 1. The predicted octanol–water partition coefficient (Wildman–Crippen LogP) is 3.80. The maximum absolute atomic E-state index is 12.0. The van der Waals surface area contributed by atoms with Gasteiger partial charge >= 0.3 is 0 Å². The zero-order valence-electron chi connectivity index (χ0n) is 12.6. The number of benzene rings is 2. The SMILES string of the molecule is CCc1ccccc1OCC(=O)Nc1ccc2nc(Cl)[nH]c2c1. The number of halogens is 1. The van der Waals surface area contributed by atoms with E-state index in [1.54, 1.807) is 18.2 Å². The summed E-state index contributed by atoms with van der Waals surface area (Å²) in [6.07, 6.45) is 0.856. The third-order valence-corrected chi connectivity index (χ3v) is 3.63. The standard InChI is InChI=1S/C17H16ClN3O2/c1-2-11-5-3-4-6-15(11)23-10-16(22)19-12-7-8-13-14(9-12)21-17(18)20-13/h3-9H,2,10H2,1H3,(H,19,22)(H,20,21). The van der Waals surface area contributed by atoms with E-state index in [4.69, 9.17) is 16.3 Å². The van der Waals surface area contributed by atoms with Gasteiger partial charge in [0.15, 0.2) is 6.61 Å². The first kappa shape index (κ1) is 15.4.